The van der Waals surface area contributed by atoms with E-state index in [2.05, 4.69) is 5.32 Å². The molecule has 1 heterocycles. The van der Waals surface area contributed by atoms with Crippen LogP contribution in [-0.4, -0.2) is 35.3 Å². The molecule has 128 valence electrons. The highest BCUT2D eigenvalue weighted by atomic mass is 16.2. The van der Waals surface area contributed by atoms with E-state index < -0.39 is 18.0 Å². The van der Waals surface area contributed by atoms with Crippen molar-refractivity contribution in [2.45, 2.75) is 19.9 Å². The molecule has 0 saturated carbocycles. The number of aryl methyl sites for hydroxylation is 1. The Balaban J connectivity index is 1.72. The van der Waals surface area contributed by atoms with Crippen molar-refractivity contribution in [2.75, 3.05) is 16.8 Å². The molecule has 1 saturated heterocycles. The summed E-state index contributed by atoms with van der Waals surface area (Å²) in [7, 11) is 0. The van der Waals surface area contributed by atoms with Gasteiger partial charge in [-0.2, -0.15) is 0 Å². The molecule has 2 aromatic rings. The van der Waals surface area contributed by atoms with Gasteiger partial charge in [0.1, 0.15) is 12.6 Å². The van der Waals surface area contributed by atoms with Crippen LogP contribution < -0.4 is 10.2 Å². The molecule has 1 aliphatic rings. The van der Waals surface area contributed by atoms with Gasteiger partial charge in [0.15, 0.2) is 0 Å². The summed E-state index contributed by atoms with van der Waals surface area (Å²) in [6.45, 7) is 3.30. The summed E-state index contributed by atoms with van der Waals surface area (Å²) in [6, 6.07) is 15.1. The summed E-state index contributed by atoms with van der Waals surface area (Å²) in [5.41, 5.74) is 2.34. The van der Waals surface area contributed by atoms with Gasteiger partial charge in [0.05, 0.1) is 0 Å². The number of nitrogens with one attached hydrogen (secondary N) is 1. The largest absolute Gasteiger partial charge is 0.332 e. The van der Waals surface area contributed by atoms with E-state index in [-0.39, 0.29) is 12.5 Å². The highest BCUT2D eigenvalue weighted by Crippen LogP contribution is 2.25. The minimum atomic E-state index is -0.637. The third kappa shape index (κ3) is 3.38. The molecule has 1 atom stereocenters. The number of hydrogen-bond donors (Lipinski definition) is 1. The van der Waals surface area contributed by atoms with Gasteiger partial charge >= 0.3 is 6.03 Å². The maximum Gasteiger partial charge on any atom is 0.332 e. The first-order valence-corrected chi connectivity index (χ1v) is 8.03. The number of rotatable bonds is 4. The summed E-state index contributed by atoms with van der Waals surface area (Å²) in [5.74, 6) is -0.791. The van der Waals surface area contributed by atoms with E-state index in [1.807, 2.05) is 25.1 Å². The molecule has 0 bridgehead atoms. The molecule has 1 fully saturated rings. The Hall–Kier alpha value is -3.15. The van der Waals surface area contributed by atoms with Gasteiger partial charge in [-0.3, -0.25) is 19.4 Å². The molecule has 0 unspecified atom stereocenters. The molecule has 4 amide bonds. The average Bonchev–Trinajstić information content (AvgIpc) is 2.81. The molecular formula is C19H19N3O3. The summed E-state index contributed by atoms with van der Waals surface area (Å²) >= 11 is 0. The van der Waals surface area contributed by atoms with E-state index >= 15 is 0 Å². The van der Waals surface area contributed by atoms with Gasteiger partial charge in [0.25, 0.3) is 5.91 Å². The number of carbonyl (C=O) groups is 3. The van der Waals surface area contributed by atoms with Gasteiger partial charge in [-0.25, -0.2) is 4.79 Å². The molecule has 0 aliphatic carbocycles. The lowest BCUT2D eigenvalue weighted by atomic mass is 10.2. The molecule has 3 rings (SSSR count). The lowest BCUT2D eigenvalue weighted by Gasteiger charge is -2.19. The number of amides is 4. The van der Waals surface area contributed by atoms with Crippen LogP contribution in [0.4, 0.5) is 16.2 Å². The van der Waals surface area contributed by atoms with Crippen molar-refractivity contribution < 1.29 is 14.4 Å². The topological polar surface area (TPSA) is 69.7 Å². The summed E-state index contributed by atoms with van der Waals surface area (Å²) in [4.78, 5) is 39.6. The molecule has 1 aliphatic heterocycles. The number of carbonyl (C=O) groups excluding carboxylic acids is 3. The minimum Gasteiger partial charge on any atom is -0.325 e. The van der Waals surface area contributed by atoms with E-state index in [9.17, 15) is 14.4 Å². The smallest absolute Gasteiger partial charge is 0.325 e. The van der Waals surface area contributed by atoms with Gasteiger partial charge in [-0.15, -0.1) is 0 Å². The van der Waals surface area contributed by atoms with Crippen molar-refractivity contribution in [3.8, 4) is 0 Å². The van der Waals surface area contributed by atoms with E-state index in [1.165, 1.54) is 4.90 Å². The molecule has 25 heavy (non-hydrogen) atoms. The van der Waals surface area contributed by atoms with E-state index in [4.69, 9.17) is 0 Å². The Morgan fingerprint density at radius 3 is 2.32 bits per heavy atom. The predicted octanol–water partition coefficient (Wildman–Crippen LogP) is 2.79. The van der Waals surface area contributed by atoms with Crippen LogP contribution in [0.15, 0.2) is 54.6 Å². The first kappa shape index (κ1) is 16.7. The van der Waals surface area contributed by atoms with E-state index in [0.717, 1.165) is 10.5 Å². The number of benzene rings is 2. The number of nitrogens with zero attached hydrogens (tertiary/aromatic N) is 2. The Morgan fingerprint density at radius 2 is 1.68 bits per heavy atom. The highest BCUT2D eigenvalue weighted by Gasteiger charge is 2.43. The zero-order valence-electron chi connectivity index (χ0n) is 14.1. The molecule has 0 radical (unpaired) electrons. The van der Waals surface area contributed by atoms with Crippen LogP contribution in [0, 0.1) is 6.92 Å². The quantitative estimate of drug-likeness (QED) is 0.872. The zero-order chi connectivity index (χ0) is 18.0. The fraction of sp³-hybridized carbons (Fsp3) is 0.211. The van der Waals surface area contributed by atoms with Crippen LogP contribution in [0.2, 0.25) is 0 Å². The third-order valence-electron chi connectivity index (χ3n) is 4.12. The van der Waals surface area contributed by atoms with Crippen molar-refractivity contribution in [1.82, 2.24) is 4.90 Å². The number of urea groups is 1. The van der Waals surface area contributed by atoms with Gasteiger partial charge < -0.3 is 5.32 Å². The van der Waals surface area contributed by atoms with Gasteiger partial charge in [-0.1, -0.05) is 35.9 Å². The second-order valence-electron chi connectivity index (χ2n) is 6.00. The normalized spacial score (nSPS) is 17.1. The fourth-order valence-electron chi connectivity index (χ4n) is 2.78. The summed E-state index contributed by atoms with van der Waals surface area (Å²) in [6.07, 6.45) is 0. The van der Waals surface area contributed by atoms with Crippen LogP contribution in [0.5, 0.6) is 0 Å². The second kappa shape index (κ2) is 6.76. The van der Waals surface area contributed by atoms with Crippen molar-refractivity contribution in [3.05, 3.63) is 60.2 Å². The molecule has 6 heteroatoms. The van der Waals surface area contributed by atoms with E-state index in [1.54, 1.807) is 43.3 Å². The molecule has 1 N–H and O–H groups in total. The van der Waals surface area contributed by atoms with Crippen LogP contribution >= 0.6 is 0 Å². The first-order chi connectivity index (χ1) is 12.0. The van der Waals surface area contributed by atoms with Crippen molar-refractivity contribution >= 4 is 29.2 Å². The Morgan fingerprint density at radius 1 is 1.04 bits per heavy atom. The van der Waals surface area contributed by atoms with Crippen LogP contribution in [0.1, 0.15) is 12.5 Å². The van der Waals surface area contributed by atoms with Crippen molar-refractivity contribution in [3.63, 3.8) is 0 Å². The molecule has 2 aromatic carbocycles. The lowest BCUT2D eigenvalue weighted by molar-refractivity contribution is -0.130. The van der Waals surface area contributed by atoms with Gasteiger partial charge in [-0.05, 0) is 38.1 Å². The van der Waals surface area contributed by atoms with E-state index in [0.29, 0.717) is 11.4 Å². The number of hydrogen-bond acceptors (Lipinski definition) is 3. The molecular weight excluding hydrogens is 318 g/mol. The number of para-hydroxylation sites is 1. The average molecular weight is 337 g/mol. The van der Waals surface area contributed by atoms with Crippen molar-refractivity contribution in [2.24, 2.45) is 0 Å². The molecule has 6 nitrogen and oxygen atoms in total. The monoisotopic (exact) mass is 337 g/mol. The SMILES string of the molecule is Cc1ccc(NC(=O)CN2C(=O)[C@@H](C)N(c3ccccc3)C2=O)cc1. The van der Waals surface area contributed by atoms with Crippen LogP contribution in [-0.2, 0) is 9.59 Å². The fourth-order valence-corrected chi connectivity index (χ4v) is 2.78. The van der Waals surface area contributed by atoms with Crippen LogP contribution in [0.25, 0.3) is 0 Å². The molecule has 0 spiro atoms. The van der Waals surface area contributed by atoms with Crippen LogP contribution in [0.3, 0.4) is 0 Å². The standard InChI is InChI=1S/C19H19N3O3/c1-13-8-10-15(11-9-13)20-17(23)12-21-18(24)14(2)22(19(21)25)16-6-4-3-5-7-16/h3-11,14H,12H2,1-2H3,(H,20,23)/t14-/m1/s1. The highest BCUT2D eigenvalue weighted by molar-refractivity contribution is 6.16. The maximum absolute atomic E-state index is 12.6. The second-order valence-corrected chi connectivity index (χ2v) is 6.00. The summed E-state index contributed by atoms with van der Waals surface area (Å²) in [5, 5.41) is 2.70. The number of anilines is 2. The van der Waals surface area contributed by atoms with Gasteiger partial charge in [0.2, 0.25) is 5.91 Å². The Labute approximate surface area is 146 Å². The Bertz CT molecular complexity index is 802. The molecule has 0 aromatic heterocycles. The lowest BCUT2D eigenvalue weighted by Crippen LogP contribution is -2.39. The predicted molar refractivity (Wildman–Crippen MR) is 95.3 cm³/mol. The van der Waals surface area contributed by atoms with Crippen molar-refractivity contribution in [1.29, 1.82) is 0 Å². The van der Waals surface area contributed by atoms with Gasteiger partial charge in [0, 0.05) is 11.4 Å². The zero-order valence-corrected chi connectivity index (χ0v) is 14.1. The summed E-state index contributed by atoms with van der Waals surface area (Å²) < 4.78 is 0. The Kier molecular flexibility index (Phi) is 4.52. The third-order valence-corrected chi connectivity index (χ3v) is 4.12. The minimum absolute atomic E-state index is 0.306. The first-order valence-electron chi connectivity index (χ1n) is 8.03. The maximum atomic E-state index is 12.6. The number of imide groups is 1.